The second-order valence-corrected chi connectivity index (χ2v) is 5.12. The first kappa shape index (κ1) is 12.8. The van der Waals surface area contributed by atoms with E-state index in [1.54, 1.807) is 0 Å². The van der Waals surface area contributed by atoms with Crippen molar-refractivity contribution in [2.45, 2.75) is 20.4 Å². The van der Waals surface area contributed by atoms with Crippen molar-refractivity contribution < 1.29 is 0 Å². The van der Waals surface area contributed by atoms with Crippen molar-refractivity contribution in [3.8, 4) is 5.69 Å². The number of rotatable bonds is 3. The molecule has 4 heteroatoms. The van der Waals surface area contributed by atoms with Gasteiger partial charge in [-0.1, -0.05) is 0 Å². The van der Waals surface area contributed by atoms with Crippen molar-refractivity contribution in [2.24, 2.45) is 0 Å². The van der Waals surface area contributed by atoms with Crippen LogP contribution in [0.3, 0.4) is 0 Å². The number of imidazole rings is 1. The molecule has 0 amide bonds. The van der Waals surface area contributed by atoms with Crippen LogP contribution in [0.25, 0.3) is 16.7 Å². The zero-order valence-electron chi connectivity index (χ0n) is 12.0. The summed E-state index contributed by atoms with van der Waals surface area (Å²) in [5, 5.41) is 3.15. The van der Waals surface area contributed by atoms with Gasteiger partial charge in [-0.25, -0.2) is 4.98 Å². The SMILES string of the molecule is CNCc1cncc(-n2cnc3cc(C)c(C)cc32)c1. The van der Waals surface area contributed by atoms with E-state index < -0.39 is 0 Å². The molecule has 4 nitrogen and oxygen atoms in total. The lowest BCUT2D eigenvalue weighted by molar-refractivity contribution is 0.811. The third kappa shape index (κ3) is 2.18. The predicted octanol–water partition coefficient (Wildman–Crippen LogP) is 2.76. The summed E-state index contributed by atoms with van der Waals surface area (Å²) < 4.78 is 2.09. The minimum atomic E-state index is 0.811. The van der Waals surface area contributed by atoms with E-state index in [-0.39, 0.29) is 0 Å². The zero-order valence-corrected chi connectivity index (χ0v) is 12.0. The van der Waals surface area contributed by atoms with E-state index in [2.05, 4.69) is 51.9 Å². The lowest BCUT2D eigenvalue weighted by Gasteiger charge is -2.07. The minimum Gasteiger partial charge on any atom is -0.316 e. The summed E-state index contributed by atoms with van der Waals surface area (Å²) in [6, 6.07) is 6.45. The largest absolute Gasteiger partial charge is 0.316 e. The summed E-state index contributed by atoms with van der Waals surface area (Å²) >= 11 is 0. The maximum Gasteiger partial charge on any atom is 0.100 e. The lowest BCUT2D eigenvalue weighted by atomic mass is 10.1. The topological polar surface area (TPSA) is 42.7 Å². The molecule has 0 saturated heterocycles. The molecule has 1 aromatic carbocycles. The van der Waals surface area contributed by atoms with Gasteiger partial charge in [0.1, 0.15) is 6.33 Å². The molecule has 0 aliphatic heterocycles. The standard InChI is InChI=1S/C16H18N4/c1-11-4-15-16(5-12(11)2)20(10-19-15)14-6-13(7-17-3)8-18-9-14/h4-6,8-10,17H,7H2,1-3H3. The molecular formula is C16H18N4. The Bertz CT molecular complexity index is 758. The van der Waals surface area contributed by atoms with Crippen LogP contribution in [0.5, 0.6) is 0 Å². The van der Waals surface area contributed by atoms with Crippen molar-refractivity contribution >= 4 is 11.0 Å². The third-order valence-corrected chi connectivity index (χ3v) is 3.60. The van der Waals surface area contributed by atoms with Crippen LogP contribution in [-0.4, -0.2) is 21.6 Å². The average Bonchev–Trinajstić information content (AvgIpc) is 2.83. The highest BCUT2D eigenvalue weighted by molar-refractivity contribution is 5.79. The van der Waals surface area contributed by atoms with Gasteiger partial charge in [-0.3, -0.25) is 9.55 Å². The lowest BCUT2D eigenvalue weighted by Crippen LogP contribution is -2.06. The van der Waals surface area contributed by atoms with Gasteiger partial charge in [-0.05, 0) is 55.8 Å². The van der Waals surface area contributed by atoms with Crippen molar-refractivity contribution in [2.75, 3.05) is 7.05 Å². The number of fused-ring (bicyclic) bond motifs is 1. The molecule has 20 heavy (non-hydrogen) atoms. The van der Waals surface area contributed by atoms with Crippen LogP contribution in [0.4, 0.5) is 0 Å². The first-order valence-corrected chi connectivity index (χ1v) is 6.72. The average molecular weight is 266 g/mol. The molecule has 1 N–H and O–H groups in total. The number of hydrogen-bond donors (Lipinski definition) is 1. The molecule has 0 fully saturated rings. The Labute approximate surface area is 118 Å². The molecule has 2 heterocycles. The summed E-state index contributed by atoms with van der Waals surface area (Å²) in [6.07, 6.45) is 5.62. The summed E-state index contributed by atoms with van der Waals surface area (Å²) in [6.45, 7) is 5.05. The highest BCUT2D eigenvalue weighted by Gasteiger charge is 2.07. The monoisotopic (exact) mass is 266 g/mol. The van der Waals surface area contributed by atoms with Crippen LogP contribution in [0.15, 0.2) is 36.9 Å². The Kier molecular flexibility index (Phi) is 3.24. The Balaban J connectivity index is 2.14. The van der Waals surface area contributed by atoms with Gasteiger partial charge in [0.05, 0.1) is 22.9 Å². The van der Waals surface area contributed by atoms with Gasteiger partial charge in [0.25, 0.3) is 0 Å². The van der Waals surface area contributed by atoms with Crippen LogP contribution < -0.4 is 5.32 Å². The number of aromatic nitrogens is 3. The van der Waals surface area contributed by atoms with E-state index in [0.29, 0.717) is 0 Å². The van der Waals surface area contributed by atoms with Crippen LogP contribution in [0.1, 0.15) is 16.7 Å². The summed E-state index contributed by atoms with van der Waals surface area (Å²) in [7, 11) is 1.94. The van der Waals surface area contributed by atoms with Crippen molar-refractivity contribution in [3.05, 3.63) is 53.6 Å². The van der Waals surface area contributed by atoms with Gasteiger partial charge in [0, 0.05) is 12.7 Å². The third-order valence-electron chi connectivity index (χ3n) is 3.60. The zero-order chi connectivity index (χ0) is 14.1. The molecule has 0 spiro atoms. The molecule has 0 atom stereocenters. The molecular weight excluding hydrogens is 248 g/mol. The maximum atomic E-state index is 4.49. The minimum absolute atomic E-state index is 0.811. The van der Waals surface area contributed by atoms with Gasteiger partial charge in [0.2, 0.25) is 0 Å². The van der Waals surface area contributed by atoms with E-state index in [0.717, 1.165) is 28.8 Å². The number of benzene rings is 1. The summed E-state index contributed by atoms with van der Waals surface area (Å²) in [5.41, 5.74) is 6.89. The normalized spacial score (nSPS) is 11.2. The summed E-state index contributed by atoms with van der Waals surface area (Å²) in [4.78, 5) is 8.81. The van der Waals surface area contributed by atoms with Crippen LogP contribution in [0.2, 0.25) is 0 Å². The van der Waals surface area contributed by atoms with Crippen molar-refractivity contribution in [1.29, 1.82) is 0 Å². The van der Waals surface area contributed by atoms with Gasteiger partial charge < -0.3 is 5.32 Å². The number of pyridine rings is 1. The van der Waals surface area contributed by atoms with Gasteiger partial charge in [-0.15, -0.1) is 0 Å². The van der Waals surface area contributed by atoms with E-state index in [1.807, 2.05) is 25.8 Å². The molecule has 0 radical (unpaired) electrons. The Morgan fingerprint density at radius 3 is 2.70 bits per heavy atom. The Hall–Kier alpha value is -2.20. The van der Waals surface area contributed by atoms with E-state index in [4.69, 9.17) is 0 Å². The van der Waals surface area contributed by atoms with Gasteiger partial charge in [-0.2, -0.15) is 0 Å². The highest BCUT2D eigenvalue weighted by Crippen LogP contribution is 2.21. The number of aryl methyl sites for hydroxylation is 2. The Morgan fingerprint density at radius 1 is 1.10 bits per heavy atom. The molecule has 0 aliphatic rings. The summed E-state index contributed by atoms with van der Waals surface area (Å²) in [5.74, 6) is 0. The predicted molar refractivity (Wildman–Crippen MR) is 81.1 cm³/mol. The second kappa shape index (κ2) is 5.06. The maximum absolute atomic E-state index is 4.49. The first-order valence-electron chi connectivity index (χ1n) is 6.72. The molecule has 2 aromatic heterocycles. The van der Waals surface area contributed by atoms with E-state index in [9.17, 15) is 0 Å². The smallest absolute Gasteiger partial charge is 0.100 e. The highest BCUT2D eigenvalue weighted by atomic mass is 15.1. The van der Waals surface area contributed by atoms with E-state index in [1.165, 1.54) is 11.1 Å². The van der Waals surface area contributed by atoms with Crippen LogP contribution >= 0.6 is 0 Å². The fourth-order valence-electron chi connectivity index (χ4n) is 2.38. The molecule has 0 aliphatic carbocycles. The van der Waals surface area contributed by atoms with Crippen molar-refractivity contribution in [3.63, 3.8) is 0 Å². The number of hydrogen-bond acceptors (Lipinski definition) is 3. The van der Waals surface area contributed by atoms with Crippen LogP contribution in [-0.2, 0) is 6.54 Å². The van der Waals surface area contributed by atoms with Crippen LogP contribution in [0, 0.1) is 13.8 Å². The molecule has 3 rings (SSSR count). The van der Waals surface area contributed by atoms with Gasteiger partial charge >= 0.3 is 0 Å². The second-order valence-electron chi connectivity index (χ2n) is 5.12. The molecule has 0 saturated carbocycles. The fraction of sp³-hybridized carbons (Fsp3) is 0.250. The number of nitrogens with one attached hydrogen (secondary N) is 1. The first-order chi connectivity index (χ1) is 9.69. The van der Waals surface area contributed by atoms with Crippen molar-refractivity contribution in [1.82, 2.24) is 19.9 Å². The number of nitrogens with zero attached hydrogens (tertiary/aromatic N) is 3. The Morgan fingerprint density at radius 2 is 1.90 bits per heavy atom. The fourth-order valence-corrected chi connectivity index (χ4v) is 2.38. The molecule has 3 aromatic rings. The molecule has 0 unspecified atom stereocenters. The van der Waals surface area contributed by atoms with E-state index >= 15 is 0 Å². The molecule has 102 valence electrons. The molecule has 0 bridgehead atoms. The van der Waals surface area contributed by atoms with Gasteiger partial charge in [0.15, 0.2) is 0 Å². The quantitative estimate of drug-likeness (QED) is 0.792.